The van der Waals surface area contributed by atoms with Crippen molar-refractivity contribution in [2.75, 3.05) is 26.4 Å². The van der Waals surface area contributed by atoms with Gasteiger partial charge in [-0.25, -0.2) is 0 Å². The Labute approximate surface area is 167 Å². The molecule has 0 amide bonds. The molecule has 0 unspecified atom stereocenters. The van der Waals surface area contributed by atoms with Gasteiger partial charge < -0.3 is 18.9 Å². The number of fused-ring (bicyclic) bond motifs is 6. The number of carbonyl (C=O) groups is 1. The van der Waals surface area contributed by atoms with Crippen LogP contribution in [0, 0.1) is 34.5 Å². The predicted molar refractivity (Wildman–Crippen MR) is 101 cm³/mol. The SMILES string of the molecule is C[C@]12CCC3(C[C@@H]1CC[C@@H]1[C@@H]2C(=O)C[C@@]2(C)[C@H]1CCC21OCCO1)OCCO3. The largest absolute Gasteiger partial charge is 0.348 e. The summed E-state index contributed by atoms with van der Waals surface area (Å²) in [6.07, 6.45) is 8.03. The molecule has 0 radical (unpaired) electrons. The van der Waals surface area contributed by atoms with Crippen molar-refractivity contribution >= 4 is 5.78 Å². The van der Waals surface area contributed by atoms with Gasteiger partial charge in [0.05, 0.1) is 26.4 Å². The maximum absolute atomic E-state index is 13.7. The highest BCUT2D eigenvalue weighted by molar-refractivity contribution is 5.84. The molecular formula is C23H34O5. The molecular weight excluding hydrogens is 356 g/mol. The molecule has 156 valence electrons. The highest BCUT2D eigenvalue weighted by atomic mass is 16.7. The third-order valence-electron chi connectivity index (χ3n) is 9.97. The van der Waals surface area contributed by atoms with Gasteiger partial charge in [-0.1, -0.05) is 13.8 Å². The van der Waals surface area contributed by atoms with Crippen molar-refractivity contribution in [1.82, 2.24) is 0 Å². The van der Waals surface area contributed by atoms with Gasteiger partial charge in [0, 0.05) is 37.0 Å². The normalized spacial score (nSPS) is 51.3. The summed E-state index contributed by atoms with van der Waals surface area (Å²) in [5.41, 5.74) is -0.0620. The summed E-state index contributed by atoms with van der Waals surface area (Å²) in [4.78, 5) is 13.7. The molecule has 0 aromatic carbocycles. The molecule has 5 heteroatoms. The average molecular weight is 391 g/mol. The molecule has 4 saturated carbocycles. The molecule has 6 rings (SSSR count). The molecule has 4 aliphatic carbocycles. The first-order valence-electron chi connectivity index (χ1n) is 11.5. The molecule has 2 saturated heterocycles. The second-order valence-electron chi connectivity index (χ2n) is 10.9. The molecule has 2 heterocycles. The van der Waals surface area contributed by atoms with E-state index in [0.717, 1.165) is 51.7 Å². The van der Waals surface area contributed by atoms with Gasteiger partial charge in [0.2, 0.25) is 0 Å². The van der Waals surface area contributed by atoms with E-state index in [1.165, 1.54) is 6.42 Å². The fourth-order valence-electron chi connectivity index (χ4n) is 8.65. The van der Waals surface area contributed by atoms with Crippen molar-refractivity contribution in [3.8, 4) is 0 Å². The fraction of sp³-hybridized carbons (Fsp3) is 0.957. The fourth-order valence-corrected chi connectivity index (χ4v) is 8.65. The highest BCUT2D eigenvalue weighted by Crippen LogP contribution is 2.69. The van der Waals surface area contributed by atoms with Gasteiger partial charge in [0.25, 0.3) is 0 Å². The first-order chi connectivity index (χ1) is 13.4. The van der Waals surface area contributed by atoms with Gasteiger partial charge in [-0.15, -0.1) is 0 Å². The summed E-state index contributed by atoms with van der Waals surface area (Å²) in [6, 6.07) is 0. The van der Waals surface area contributed by atoms with Crippen LogP contribution in [0.3, 0.4) is 0 Å². The summed E-state index contributed by atoms with van der Waals surface area (Å²) in [5.74, 6) is 1.37. The number of carbonyl (C=O) groups excluding carboxylic acids is 1. The van der Waals surface area contributed by atoms with Crippen LogP contribution in [0.15, 0.2) is 0 Å². The Balaban J connectivity index is 1.32. The van der Waals surface area contributed by atoms with Crippen LogP contribution in [-0.4, -0.2) is 43.8 Å². The second-order valence-corrected chi connectivity index (χ2v) is 10.9. The Bertz CT molecular complexity index is 678. The predicted octanol–water partition coefficient (Wildman–Crippen LogP) is 3.69. The lowest BCUT2D eigenvalue weighted by molar-refractivity contribution is -0.251. The summed E-state index contributed by atoms with van der Waals surface area (Å²) >= 11 is 0. The summed E-state index contributed by atoms with van der Waals surface area (Å²) in [5, 5.41) is 0. The van der Waals surface area contributed by atoms with E-state index < -0.39 is 5.79 Å². The minimum absolute atomic E-state index is 0.0923. The molecule has 6 fully saturated rings. The maximum atomic E-state index is 13.7. The van der Waals surface area contributed by atoms with Crippen LogP contribution in [0.25, 0.3) is 0 Å². The topological polar surface area (TPSA) is 54.0 Å². The van der Waals surface area contributed by atoms with E-state index in [0.29, 0.717) is 43.2 Å². The lowest BCUT2D eigenvalue weighted by Crippen LogP contribution is -2.61. The molecule has 6 aliphatic rings. The molecule has 2 aliphatic heterocycles. The quantitative estimate of drug-likeness (QED) is 0.631. The minimum Gasteiger partial charge on any atom is -0.348 e. The molecule has 0 bridgehead atoms. The number of ether oxygens (including phenoxy) is 4. The monoisotopic (exact) mass is 390 g/mol. The van der Waals surface area contributed by atoms with Crippen LogP contribution in [0.1, 0.15) is 65.2 Å². The van der Waals surface area contributed by atoms with Gasteiger partial charge >= 0.3 is 0 Å². The summed E-state index contributed by atoms with van der Waals surface area (Å²) in [6.45, 7) is 7.48. The third-order valence-corrected chi connectivity index (χ3v) is 9.97. The van der Waals surface area contributed by atoms with E-state index in [-0.39, 0.29) is 22.5 Å². The van der Waals surface area contributed by atoms with Gasteiger partial charge in [-0.05, 0) is 48.9 Å². The van der Waals surface area contributed by atoms with E-state index >= 15 is 0 Å². The smallest absolute Gasteiger partial charge is 0.174 e. The Morgan fingerprint density at radius 1 is 0.857 bits per heavy atom. The zero-order chi connectivity index (χ0) is 19.2. The van der Waals surface area contributed by atoms with Crippen molar-refractivity contribution in [3.63, 3.8) is 0 Å². The number of ketones is 1. The maximum Gasteiger partial charge on any atom is 0.174 e. The molecule has 6 atom stereocenters. The van der Waals surface area contributed by atoms with E-state index in [9.17, 15) is 4.79 Å². The Hall–Kier alpha value is -0.490. The number of hydrogen-bond donors (Lipinski definition) is 0. The van der Waals surface area contributed by atoms with E-state index in [2.05, 4.69) is 13.8 Å². The second kappa shape index (κ2) is 5.81. The minimum atomic E-state index is -0.502. The van der Waals surface area contributed by atoms with Crippen molar-refractivity contribution < 1.29 is 23.7 Å². The third kappa shape index (κ3) is 2.15. The zero-order valence-corrected chi connectivity index (χ0v) is 17.3. The molecule has 0 N–H and O–H groups in total. The van der Waals surface area contributed by atoms with Gasteiger partial charge in [0.1, 0.15) is 5.78 Å². The van der Waals surface area contributed by atoms with Crippen LogP contribution >= 0.6 is 0 Å². The standard InChI is InChI=1S/C23H34O5/c1-20-7-8-22(25-9-10-26-22)13-15(20)3-4-16-17-5-6-23(27-11-12-28-23)21(17,2)14-18(24)19(16)20/h15-17,19H,3-14H2,1-2H3/t15-,16-,17-,19+,20-,21-/m0/s1. The zero-order valence-electron chi connectivity index (χ0n) is 17.3. The molecule has 2 spiro atoms. The van der Waals surface area contributed by atoms with Crippen LogP contribution in [-0.2, 0) is 23.7 Å². The van der Waals surface area contributed by atoms with Crippen molar-refractivity contribution in [3.05, 3.63) is 0 Å². The summed E-state index contributed by atoms with van der Waals surface area (Å²) in [7, 11) is 0. The van der Waals surface area contributed by atoms with Crippen LogP contribution in [0.4, 0.5) is 0 Å². The Morgan fingerprint density at radius 3 is 2.32 bits per heavy atom. The lowest BCUT2D eigenvalue weighted by Gasteiger charge is -2.61. The number of Topliss-reactive ketones (excluding diaryl/α,β-unsaturated/α-hetero) is 1. The molecule has 0 aromatic rings. The number of rotatable bonds is 0. The van der Waals surface area contributed by atoms with Crippen molar-refractivity contribution in [1.29, 1.82) is 0 Å². The average Bonchev–Trinajstić information content (AvgIpc) is 3.38. The van der Waals surface area contributed by atoms with Crippen molar-refractivity contribution in [2.24, 2.45) is 34.5 Å². The van der Waals surface area contributed by atoms with Crippen LogP contribution < -0.4 is 0 Å². The molecule has 28 heavy (non-hydrogen) atoms. The molecule has 5 nitrogen and oxygen atoms in total. The first kappa shape index (κ1) is 18.3. The Kier molecular flexibility index (Phi) is 3.79. The lowest BCUT2D eigenvalue weighted by atomic mass is 9.44. The van der Waals surface area contributed by atoms with Crippen molar-refractivity contribution in [2.45, 2.75) is 76.8 Å². The summed E-state index contributed by atoms with van der Waals surface area (Å²) < 4.78 is 24.5. The van der Waals surface area contributed by atoms with Gasteiger partial charge in [-0.2, -0.15) is 0 Å². The van der Waals surface area contributed by atoms with E-state index in [4.69, 9.17) is 18.9 Å². The number of hydrogen-bond acceptors (Lipinski definition) is 5. The Morgan fingerprint density at radius 2 is 1.57 bits per heavy atom. The van der Waals surface area contributed by atoms with Gasteiger partial charge in [0.15, 0.2) is 11.6 Å². The van der Waals surface area contributed by atoms with E-state index in [1.807, 2.05) is 0 Å². The highest BCUT2D eigenvalue weighted by Gasteiger charge is 2.70. The van der Waals surface area contributed by atoms with Gasteiger partial charge in [-0.3, -0.25) is 4.79 Å². The van der Waals surface area contributed by atoms with E-state index in [1.54, 1.807) is 0 Å². The van der Waals surface area contributed by atoms with Crippen LogP contribution in [0.5, 0.6) is 0 Å². The van der Waals surface area contributed by atoms with Crippen LogP contribution in [0.2, 0.25) is 0 Å². The molecule has 0 aromatic heterocycles. The first-order valence-corrected chi connectivity index (χ1v) is 11.5.